The van der Waals surface area contributed by atoms with Gasteiger partial charge in [-0.1, -0.05) is 12.1 Å². The van der Waals surface area contributed by atoms with Crippen molar-refractivity contribution in [1.82, 2.24) is 14.1 Å². The standard InChI is InChI=1S/C19H14N4O5/c1-22-16-15(18(26)23(2)19(22)27)11(7-8-20-16)21-17(25)14-9-12(24)10-5-3-4-6-13(10)28-14/h3-9H,1-2H3,(H,20,21,25). The smallest absolute Gasteiger partial charge is 0.332 e. The van der Waals surface area contributed by atoms with Crippen molar-refractivity contribution < 1.29 is 9.21 Å². The predicted octanol–water partition coefficient (Wildman–Crippen LogP) is 0.991. The fraction of sp³-hybridized carbons (Fsp3) is 0.105. The summed E-state index contributed by atoms with van der Waals surface area (Å²) >= 11 is 0. The molecule has 1 amide bonds. The molecule has 0 atom stereocenters. The minimum Gasteiger partial charge on any atom is -0.451 e. The largest absolute Gasteiger partial charge is 0.451 e. The van der Waals surface area contributed by atoms with Gasteiger partial charge in [-0.25, -0.2) is 9.78 Å². The third-order valence-electron chi connectivity index (χ3n) is 4.45. The van der Waals surface area contributed by atoms with Gasteiger partial charge in [0, 0.05) is 26.4 Å². The number of pyridine rings is 1. The summed E-state index contributed by atoms with van der Waals surface area (Å²) < 4.78 is 7.66. The number of aryl methyl sites for hydroxylation is 1. The van der Waals surface area contributed by atoms with Crippen LogP contribution in [-0.4, -0.2) is 20.0 Å². The average molecular weight is 378 g/mol. The van der Waals surface area contributed by atoms with Gasteiger partial charge < -0.3 is 9.73 Å². The Morgan fingerprint density at radius 1 is 1.07 bits per heavy atom. The number of amides is 1. The molecule has 0 radical (unpaired) electrons. The van der Waals surface area contributed by atoms with Crippen molar-refractivity contribution in [3.05, 3.63) is 79.4 Å². The van der Waals surface area contributed by atoms with E-state index < -0.39 is 17.2 Å². The van der Waals surface area contributed by atoms with Gasteiger partial charge in [-0.05, 0) is 18.2 Å². The molecule has 9 nitrogen and oxygen atoms in total. The molecule has 0 spiro atoms. The first kappa shape index (κ1) is 17.4. The maximum atomic E-state index is 12.7. The van der Waals surface area contributed by atoms with Crippen LogP contribution in [0, 0.1) is 0 Å². The van der Waals surface area contributed by atoms with Gasteiger partial charge in [-0.2, -0.15) is 0 Å². The molecule has 0 unspecified atom stereocenters. The van der Waals surface area contributed by atoms with E-state index in [1.54, 1.807) is 24.3 Å². The van der Waals surface area contributed by atoms with Crippen molar-refractivity contribution in [2.45, 2.75) is 0 Å². The van der Waals surface area contributed by atoms with E-state index in [2.05, 4.69) is 10.3 Å². The van der Waals surface area contributed by atoms with Crippen molar-refractivity contribution in [3.8, 4) is 0 Å². The molecule has 0 aliphatic rings. The third kappa shape index (κ3) is 2.60. The highest BCUT2D eigenvalue weighted by atomic mass is 16.3. The average Bonchev–Trinajstić information content (AvgIpc) is 2.70. The predicted molar refractivity (Wildman–Crippen MR) is 103 cm³/mol. The third-order valence-corrected chi connectivity index (χ3v) is 4.45. The number of hydrogen-bond donors (Lipinski definition) is 1. The maximum absolute atomic E-state index is 12.7. The summed E-state index contributed by atoms with van der Waals surface area (Å²) in [6, 6.07) is 9.10. The summed E-state index contributed by atoms with van der Waals surface area (Å²) in [5, 5.41) is 3.00. The minimum absolute atomic E-state index is 0.0728. The Morgan fingerprint density at radius 2 is 1.82 bits per heavy atom. The van der Waals surface area contributed by atoms with Gasteiger partial charge in [0.25, 0.3) is 11.5 Å². The Balaban J connectivity index is 1.85. The zero-order valence-electron chi connectivity index (χ0n) is 14.9. The lowest BCUT2D eigenvalue weighted by Gasteiger charge is -2.11. The second-order valence-corrected chi connectivity index (χ2v) is 6.19. The van der Waals surface area contributed by atoms with Crippen molar-refractivity contribution in [2.75, 3.05) is 5.32 Å². The van der Waals surface area contributed by atoms with Crippen LogP contribution < -0.4 is 22.0 Å². The van der Waals surface area contributed by atoms with E-state index >= 15 is 0 Å². The molecule has 3 aromatic heterocycles. The maximum Gasteiger partial charge on any atom is 0.332 e. The van der Waals surface area contributed by atoms with Gasteiger partial charge in [0.15, 0.2) is 16.8 Å². The molecule has 0 aliphatic carbocycles. The van der Waals surface area contributed by atoms with Crippen molar-refractivity contribution >= 4 is 33.6 Å². The first-order chi connectivity index (χ1) is 13.4. The van der Waals surface area contributed by atoms with Crippen molar-refractivity contribution in [2.24, 2.45) is 14.1 Å². The number of nitrogens with one attached hydrogen (secondary N) is 1. The van der Waals surface area contributed by atoms with Crippen molar-refractivity contribution in [1.29, 1.82) is 0 Å². The molecule has 0 aliphatic heterocycles. The Hall–Kier alpha value is -4.01. The highest BCUT2D eigenvalue weighted by molar-refractivity contribution is 6.07. The summed E-state index contributed by atoms with van der Waals surface area (Å²) in [6.07, 6.45) is 1.37. The molecule has 28 heavy (non-hydrogen) atoms. The highest BCUT2D eigenvalue weighted by Crippen LogP contribution is 2.18. The van der Waals surface area contributed by atoms with E-state index in [1.807, 2.05) is 0 Å². The fourth-order valence-corrected chi connectivity index (χ4v) is 2.99. The lowest BCUT2D eigenvalue weighted by atomic mass is 10.2. The van der Waals surface area contributed by atoms with Crippen LogP contribution >= 0.6 is 0 Å². The van der Waals surface area contributed by atoms with Gasteiger partial charge in [0.05, 0.1) is 11.1 Å². The van der Waals surface area contributed by atoms with Gasteiger partial charge in [-0.15, -0.1) is 0 Å². The molecule has 0 saturated heterocycles. The van der Waals surface area contributed by atoms with Gasteiger partial charge in [0.2, 0.25) is 0 Å². The summed E-state index contributed by atoms with van der Waals surface area (Å²) in [7, 11) is 2.82. The summed E-state index contributed by atoms with van der Waals surface area (Å²) in [4.78, 5) is 53.6. The van der Waals surface area contributed by atoms with Gasteiger partial charge in [-0.3, -0.25) is 23.5 Å². The molecule has 1 N–H and O–H groups in total. The van der Waals surface area contributed by atoms with E-state index in [0.717, 1.165) is 10.6 Å². The normalized spacial score (nSPS) is 11.1. The summed E-state index contributed by atoms with van der Waals surface area (Å²) in [5.41, 5.74) is -0.925. The molecular formula is C19H14N4O5. The Bertz CT molecular complexity index is 1450. The summed E-state index contributed by atoms with van der Waals surface area (Å²) in [5.74, 6) is -0.901. The van der Waals surface area contributed by atoms with Crippen LogP contribution in [0.3, 0.4) is 0 Å². The lowest BCUT2D eigenvalue weighted by Crippen LogP contribution is -2.37. The molecule has 9 heteroatoms. The van der Waals surface area contributed by atoms with Gasteiger partial charge >= 0.3 is 5.69 Å². The van der Waals surface area contributed by atoms with Crippen LogP contribution in [0.1, 0.15) is 10.6 Å². The topological polar surface area (TPSA) is 116 Å². The molecule has 0 saturated carbocycles. The van der Waals surface area contributed by atoms with E-state index in [9.17, 15) is 19.2 Å². The molecule has 4 aromatic rings. The highest BCUT2D eigenvalue weighted by Gasteiger charge is 2.17. The number of para-hydroxylation sites is 1. The Labute approximate surface area is 156 Å². The van der Waals surface area contributed by atoms with E-state index in [1.165, 1.54) is 30.9 Å². The number of carbonyl (C=O) groups is 1. The van der Waals surface area contributed by atoms with Crippen LogP contribution in [0.15, 0.2) is 61.4 Å². The molecular weight excluding hydrogens is 364 g/mol. The second kappa shape index (κ2) is 6.31. The lowest BCUT2D eigenvalue weighted by molar-refractivity contribution is 0.0997. The molecule has 0 fully saturated rings. The van der Waals surface area contributed by atoms with Crippen LogP contribution in [-0.2, 0) is 14.1 Å². The molecule has 4 rings (SSSR count). The Kier molecular flexibility index (Phi) is 3.92. The number of nitrogens with zero attached hydrogens (tertiary/aromatic N) is 3. The van der Waals surface area contributed by atoms with Gasteiger partial charge in [0.1, 0.15) is 11.0 Å². The van der Waals surface area contributed by atoms with Crippen molar-refractivity contribution in [3.63, 3.8) is 0 Å². The fourth-order valence-electron chi connectivity index (χ4n) is 2.99. The molecule has 1 aromatic carbocycles. The monoisotopic (exact) mass is 378 g/mol. The number of hydrogen-bond acceptors (Lipinski definition) is 6. The number of rotatable bonds is 2. The first-order valence-corrected chi connectivity index (χ1v) is 8.27. The quantitative estimate of drug-likeness (QED) is 0.556. The SMILES string of the molecule is Cn1c(=O)c2c(NC(=O)c3cc(=O)c4ccccc4o3)ccnc2n(C)c1=O. The first-order valence-electron chi connectivity index (χ1n) is 8.27. The van der Waals surface area contributed by atoms with Crippen LogP contribution in [0.4, 0.5) is 5.69 Å². The number of aromatic nitrogens is 3. The molecule has 3 heterocycles. The number of anilines is 1. The van der Waals surface area contributed by atoms with Crippen LogP contribution in [0.2, 0.25) is 0 Å². The molecule has 140 valence electrons. The summed E-state index contributed by atoms with van der Waals surface area (Å²) in [6.45, 7) is 0. The van der Waals surface area contributed by atoms with Crippen LogP contribution in [0.25, 0.3) is 22.0 Å². The van der Waals surface area contributed by atoms with E-state index in [4.69, 9.17) is 4.42 Å². The minimum atomic E-state index is -0.703. The van der Waals surface area contributed by atoms with Crippen LogP contribution in [0.5, 0.6) is 0 Å². The molecule has 0 bridgehead atoms. The van der Waals surface area contributed by atoms with E-state index in [0.29, 0.717) is 5.39 Å². The second-order valence-electron chi connectivity index (χ2n) is 6.19. The number of carbonyl (C=O) groups excluding carboxylic acids is 1. The zero-order valence-corrected chi connectivity index (χ0v) is 14.9. The zero-order chi connectivity index (χ0) is 20.0. The number of benzene rings is 1. The Morgan fingerprint density at radius 3 is 2.61 bits per heavy atom. The van der Waals surface area contributed by atoms with E-state index in [-0.39, 0.29) is 33.5 Å². The number of fused-ring (bicyclic) bond motifs is 2.